The Morgan fingerprint density at radius 1 is 1.11 bits per heavy atom. The Balaban J connectivity index is 1.74. The van der Waals surface area contributed by atoms with Gasteiger partial charge in [0.05, 0.1) is 33.9 Å². The van der Waals surface area contributed by atoms with Gasteiger partial charge in [-0.1, -0.05) is 6.92 Å². The van der Waals surface area contributed by atoms with Gasteiger partial charge in [0, 0.05) is 30.2 Å². The first-order valence-corrected chi connectivity index (χ1v) is 11.3. The lowest BCUT2D eigenvalue weighted by Gasteiger charge is -2.30. The van der Waals surface area contributed by atoms with Gasteiger partial charge in [-0.25, -0.2) is 19.9 Å². The molecule has 12 heteroatoms. The van der Waals surface area contributed by atoms with Gasteiger partial charge in [-0.3, -0.25) is 9.78 Å². The maximum absolute atomic E-state index is 13.7. The van der Waals surface area contributed by atoms with Crippen LogP contribution >= 0.6 is 15.9 Å². The van der Waals surface area contributed by atoms with Crippen molar-refractivity contribution in [2.75, 3.05) is 5.73 Å². The molecule has 0 saturated heterocycles. The molecule has 4 aromatic rings. The molecule has 35 heavy (non-hydrogen) atoms. The number of halogens is 4. The minimum Gasteiger partial charge on any atom is -0.383 e. The molecule has 0 aliphatic heterocycles. The number of nitrogens with two attached hydrogens (primary N) is 1. The maximum atomic E-state index is 13.7. The minimum absolute atomic E-state index is 0.0601. The van der Waals surface area contributed by atoms with Crippen molar-refractivity contribution < 1.29 is 18.0 Å². The third-order valence-corrected chi connectivity index (χ3v) is 5.92. The van der Waals surface area contributed by atoms with Crippen molar-refractivity contribution in [3.8, 4) is 0 Å². The van der Waals surface area contributed by atoms with Crippen molar-refractivity contribution in [3.05, 3.63) is 82.2 Å². The first-order valence-electron chi connectivity index (χ1n) is 10.5. The topological polar surface area (TPSA) is 111 Å². The number of anilines is 1. The molecule has 8 nitrogen and oxygen atoms in total. The van der Waals surface area contributed by atoms with Gasteiger partial charge in [0.15, 0.2) is 11.5 Å². The zero-order valence-electron chi connectivity index (χ0n) is 18.4. The second kappa shape index (κ2) is 9.90. The van der Waals surface area contributed by atoms with Crippen LogP contribution in [-0.2, 0) is 12.7 Å². The zero-order valence-corrected chi connectivity index (χ0v) is 20.0. The molecule has 0 spiro atoms. The summed E-state index contributed by atoms with van der Waals surface area (Å²) in [4.78, 5) is 36.2. The molecule has 180 valence electrons. The number of nitrogen functional groups attached to an aromatic ring is 1. The fourth-order valence-corrected chi connectivity index (χ4v) is 3.88. The van der Waals surface area contributed by atoms with Crippen LogP contribution in [0.3, 0.4) is 0 Å². The third kappa shape index (κ3) is 5.37. The lowest BCUT2D eigenvalue weighted by molar-refractivity contribution is -0.137. The molecule has 0 saturated carbocycles. The summed E-state index contributed by atoms with van der Waals surface area (Å²) in [7, 11) is 0. The van der Waals surface area contributed by atoms with Gasteiger partial charge in [-0.05, 0) is 52.7 Å². The van der Waals surface area contributed by atoms with Crippen LogP contribution in [0.4, 0.5) is 19.0 Å². The molecule has 4 aromatic heterocycles. The summed E-state index contributed by atoms with van der Waals surface area (Å²) in [5, 5.41) is 0.591. The van der Waals surface area contributed by atoms with Crippen LogP contribution in [0.15, 0.2) is 59.6 Å². The highest BCUT2D eigenvalue weighted by Crippen LogP contribution is 2.30. The largest absolute Gasteiger partial charge is 0.417 e. The fourth-order valence-electron chi connectivity index (χ4n) is 3.54. The van der Waals surface area contributed by atoms with E-state index in [-0.39, 0.29) is 23.6 Å². The van der Waals surface area contributed by atoms with E-state index in [0.29, 0.717) is 27.8 Å². The minimum atomic E-state index is -4.51. The monoisotopic (exact) mass is 545 g/mol. The first-order chi connectivity index (χ1) is 16.7. The zero-order chi connectivity index (χ0) is 25.2. The number of amides is 1. The van der Waals surface area contributed by atoms with Crippen LogP contribution in [0.25, 0.3) is 11.0 Å². The Kier molecular flexibility index (Phi) is 6.92. The summed E-state index contributed by atoms with van der Waals surface area (Å²) in [5.41, 5.74) is 5.86. The molecule has 0 fully saturated rings. The van der Waals surface area contributed by atoms with Crippen molar-refractivity contribution >= 4 is 38.7 Å². The Labute approximate surface area is 206 Å². The van der Waals surface area contributed by atoms with Crippen molar-refractivity contribution in [1.29, 1.82) is 0 Å². The van der Waals surface area contributed by atoms with Crippen LogP contribution in [-0.4, -0.2) is 35.7 Å². The standard InChI is InChI=1S/C23H19BrF3N7O/c1-2-18(21-29-6-3-7-30-21)34(12-16-5-4-15(11-31-16)23(25,26)27)22(35)14-8-13-9-17(24)19(28)33-20(13)32-10-14/h3-11,18H,2,12H2,1H3,(H2,28,32,33). The van der Waals surface area contributed by atoms with E-state index in [4.69, 9.17) is 5.73 Å². The van der Waals surface area contributed by atoms with Crippen LogP contribution in [0, 0.1) is 0 Å². The quantitative estimate of drug-likeness (QED) is 0.364. The van der Waals surface area contributed by atoms with Crippen LogP contribution < -0.4 is 5.73 Å². The van der Waals surface area contributed by atoms with Crippen molar-refractivity contribution in [3.63, 3.8) is 0 Å². The number of hydrogen-bond donors (Lipinski definition) is 1. The van der Waals surface area contributed by atoms with Gasteiger partial charge in [-0.15, -0.1) is 0 Å². The number of aromatic nitrogens is 5. The fraction of sp³-hybridized carbons (Fsp3) is 0.217. The number of nitrogens with zero attached hydrogens (tertiary/aromatic N) is 6. The lowest BCUT2D eigenvalue weighted by atomic mass is 10.1. The molecule has 0 aliphatic carbocycles. The van der Waals surface area contributed by atoms with E-state index in [2.05, 4.69) is 40.8 Å². The average Bonchev–Trinajstić information content (AvgIpc) is 2.84. The molecule has 1 atom stereocenters. The molecule has 0 radical (unpaired) electrons. The highest BCUT2D eigenvalue weighted by atomic mass is 79.9. The average molecular weight is 546 g/mol. The summed E-state index contributed by atoms with van der Waals surface area (Å²) in [6.45, 7) is 1.80. The number of pyridine rings is 3. The predicted molar refractivity (Wildman–Crippen MR) is 126 cm³/mol. The third-order valence-electron chi connectivity index (χ3n) is 5.29. The van der Waals surface area contributed by atoms with Gasteiger partial charge in [0.2, 0.25) is 0 Å². The molecule has 1 unspecified atom stereocenters. The summed E-state index contributed by atoms with van der Waals surface area (Å²) in [6.07, 6.45) is 1.22. The van der Waals surface area contributed by atoms with Gasteiger partial charge >= 0.3 is 6.18 Å². The summed E-state index contributed by atoms with van der Waals surface area (Å²) in [6, 6.07) is 6.64. The second-order valence-electron chi connectivity index (χ2n) is 7.63. The second-order valence-corrected chi connectivity index (χ2v) is 8.48. The highest BCUT2D eigenvalue weighted by Gasteiger charge is 2.32. The normalized spacial score (nSPS) is 12.5. The Morgan fingerprint density at radius 2 is 1.86 bits per heavy atom. The number of carbonyl (C=O) groups is 1. The van der Waals surface area contributed by atoms with Crippen molar-refractivity contribution in [2.24, 2.45) is 0 Å². The van der Waals surface area contributed by atoms with E-state index in [0.717, 1.165) is 12.3 Å². The molecule has 0 aromatic carbocycles. The molecule has 2 N–H and O–H groups in total. The number of carbonyl (C=O) groups excluding carboxylic acids is 1. The van der Waals surface area contributed by atoms with Gasteiger partial charge in [0.25, 0.3) is 5.91 Å². The van der Waals surface area contributed by atoms with Gasteiger partial charge < -0.3 is 10.6 Å². The van der Waals surface area contributed by atoms with Crippen LogP contribution in [0.5, 0.6) is 0 Å². The van der Waals surface area contributed by atoms with Crippen LogP contribution in [0.2, 0.25) is 0 Å². The van der Waals surface area contributed by atoms with E-state index in [1.165, 1.54) is 17.2 Å². The van der Waals surface area contributed by atoms with Crippen molar-refractivity contribution in [2.45, 2.75) is 32.1 Å². The van der Waals surface area contributed by atoms with E-state index in [1.807, 2.05) is 6.92 Å². The number of fused-ring (bicyclic) bond motifs is 1. The van der Waals surface area contributed by atoms with E-state index < -0.39 is 23.7 Å². The van der Waals surface area contributed by atoms with Gasteiger partial charge in [0.1, 0.15) is 5.82 Å². The number of hydrogen-bond acceptors (Lipinski definition) is 7. The Morgan fingerprint density at radius 3 is 2.49 bits per heavy atom. The Hall–Kier alpha value is -3.67. The maximum Gasteiger partial charge on any atom is 0.417 e. The van der Waals surface area contributed by atoms with E-state index in [9.17, 15) is 18.0 Å². The predicted octanol–water partition coefficient (Wildman–Crippen LogP) is 4.97. The molecule has 0 bridgehead atoms. The SMILES string of the molecule is CCC(c1ncccn1)N(Cc1ccc(C(F)(F)F)cn1)C(=O)c1cnc2nc(N)c(Br)cc2c1. The molecular weight excluding hydrogens is 527 g/mol. The number of alkyl halides is 3. The van der Waals surface area contributed by atoms with E-state index >= 15 is 0 Å². The van der Waals surface area contributed by atoms with E-state index in [1.54, 1.807) is 30.6 Å². The first kappa shape index (κ1) is 24.5. The molecule has 4 rings (SSSR count). The summed E-state index contributed by atoms with van der Waals surface area (Å²) < 4.78 is 39.5. The van der Waals surface area contributed by atoms with Crippen LogP contribution in [0.1, 0.15) is 46.8 Å². The number of rotatable bonds is 6. The highest BCUT2D eigenvalue weighted by molar-refractivity contribution is 9.10. The molecular formula is C23H19BrF3N7O. The smallest absolute Gasteiger partial charge is 0.383 e. The molecule has 4 heterocycles. The summed E-state index contributed by atoms with van der Waals surface area (Å²) >= 11 is 3.32. The Bertz CT molecular complexity index is 1350. The molecule has 0 aliphatic rings. The molecule has 1 amide bonds. The van der Waals surface area contributed by atoms with Crippen molar-refractivity contribution in [1.82, 2.24) is 29.8 Å². The summed E-state index contributed by atoms with van der Waals surface area (Å²) in [5.74, 6) is 0.265. The lowest BCUT2D eigenvalue weighted by Crippen LogP contribution is -2.35. The van der Waals surface area contributed by atoms with Gasteiger partial charge in [-0.2, -0.15) is 13.2 Å².